The van der Waals surface area contributed by atoms with Gasteiger partial charge in [0.05, 0.1) is 18.6 Å². The third kappa shape index (κ3) is 2.64. The summed E-state index contributed by atoms with van der Waals surface area (Å²) in [7, 11) is 0. The maximum absolute atomic E-state index is 12.0. The molecule has 4 heteroatoms. The minimum absolute atomic E-state index is 0.0954. The lowest BCUT2D eigenvalue weighted by Gasteiger charge is -2.05. The highest BCUT2D eigenvalue weighted by Crippen LogP contribution is 2.12. The Kier molecular flexibility index (Phi) is 3.43. The predicted molar refractivity (Wildman–Crippen MR) is 70.2 cm³/mol. The molecule has 1 aromatic heterocycles. The molecule has 0 spiro atoms. The number of aromatic nitrogens is 2. The third-order valence-corrected chi connectivity index (χ3v) is 3.35. The minimum Gasteiger partial charge on any atom is -0.327 e. The molecule has 0 saturated carbocycles. The molecule has 1 aromatic carbocycles. The average Bonchev–Trinajstić information content (AvgIpc) is 2.62. The Morgan fingerprint density at radius 1 is 1.29 bits per heavy atom. The number of hydrogen-bond donors (Lipinski definition) is 0. The summed E-state index contributed by atoms with van der Waals surface area (Å²) in [5.74, 6) is 0.0954. The molecule has 3 nitrogen and oxygen atoms in total. The first-order valence-electron chi connectivity index (χ1n) is 5.35. The molecule has 0 radical (unpaired) electrons. The number of Topliss-reactive ketones (excluding diaryl/α,β-unsaturated/α-hetero) is 1. The van der Waals surface area contributed by atoms with E-state index in [1.165, 1.54) is 0 Å². The van der Waals surface area contributed by atoms with Gasteiger partial charge in [-0.1, -0.05) is 28.1 Å². The Morgan fingerprint density at radius 2 is 1.94 bits per heavy atom. The highest BCUT2D eigenvalue weighted by molar-refractivity contribution is 9.10. The second kappa shape index (κ2) is 4.84. The van der Waals surface area contributed by atoms with Crippen molar-refractivity contribution in [1.82, 2.24) is 9.55 Å². The van der Waals surface area contributed by atoms with Gasteiger partial charge in [-0.05, 0) is 26.0 Å². The zero-order valence-corrected chi connectivity index (χ0v) is 11.4. The maximum atomic E-state index is 12.0. The van der Waals surface area contributed by atoms with Crippen molar-refractivity contribution in [2.24, 2.45) is 0 Å². The van der Waals surface area contributed by atoms with Crippen LogP contribution in [0.2, 0.25) is 0 Å². The number of rotatable bonds is 3. The Labute approximate surface area is 109 Å². The summed E-state index contributed by atoms with van der Waals surface area (Å²) in [6.45, 7) is 4.25. The molecule has 17 heavy (non-hydrogen) atoms. The van der Waals surface area contributed by atoms with Crippen molar-refractivity contribution in [2.75, 3.05) is 0 Å². The van der Waals surface area contributed by atoms with Gasteiger partial charge in [-0.3, -0.25) is 4.79 Å². The number of carbonyl (C=O) groups excluding carboxylic acids is 1. The van der Waals surface area contributed by atoms with Crippen molar-refractivity contribution in [3.63, 3.8) is 0 Å². The van der Waals surface area contributed by atoms with E-state index >= 15 is 0 Å². The van der Waals surface area contributed by atoms with E-state index < -0.39 is 0 Å². The van der Waals surface area contributed by atoms with E-state index in [0.29, 0.717) is 6.54 Å². The predicted octanol–water partition coefficient (Wildman–Crippen LogP) is 3.15. The van der Waals surface area contributed by atoms with Crippen LogP contribution in [-0.2, 0) is 6.54 Å². The highest BCUT2D eigenvalue weighted by Gasteiger charge is 2.09. The second-order valence-electron chi connectivity index (χ2n) is 3.97. The fourth-order valence-electron chi connectivity index (χ4n) is 1.59. The zero-order valence-electron chi connectivity index (χ0n) is 9.77. The molecule has 2 rings (SSSR count). The van der Waals surface area contributed by atoms with E-state index in [1.807, 2.05) is 42.7 Å². The highest BCUT2D eigenvalue weighted by atomic mass is 79.9. The van der Waals surface area contributed by atoms with Gasteiger partial charge in [0.25, 0.3) is 0 Å². The molecule has 1 heterocycles. The lowest BCUT2D eigenvalue weighted by Crippen LogP contribution is -2.10. The van der Waals surface area contributed by atoms with Gasteiger partial charge in [0.2, 0.25) is 0 Å². The first-order chi connectivity index (χ1) is 8.08. The number of carbonyl (C=O) groups is 1. The van der Waals surface area contributed by atoms with Gasteiger partial charge in [0.1, 0.15) is 0 Å². The van der Waals surface area contributed by atoms with E-state index in [1.54, 1.807) is 6.33 Å². The average molecular weight is 293 g/mol. The zero-order chi connectivity index (χ0) is 12.4. The van der Waals surface area contributed by atoms with Crippen LogP contribution >= 0.6 is 15.9 Å². The van der Waals surface area contributed by atoms with Crippen LogP contribution in [-0.4, -0.2) is 15.3 Å². The molecule has 0 fully saturated rings. The Morgan fingerprint density at radius 3 is 2.47 bits per heavy atom. The van der Waals surface area contributed by atoms with E-state index in [-0.39, 0.29) is 5.78 Å². The molecule has 0 aliphatic rings. The fraction of sp³-hybridized carbons (Fsp3) is 0.231. The molecule has 0 N–H and O–H groups in total. The third-order valence-electron chi connectivity index (χ3n) is 2.83. The van der Waals surface area contributed by atoms with Crippen molar-refractivity contribution in [3.8, 4) is 0 Å². The fourth-order valence-corrected chi connectivity index (χ4v) is 1.85. The molecule has 0 aliphatic carbocycles. The molecule has 0 amide bonds. The summed E-state index contributed by atoms with van der Waals surface area (Å²) < 4.78 is 2.85. The van der Waals surface area contributed by atoms with Gasteiger partial charge in [-0.15, -0.1) is 0 Å². The standard InChI is InChI=1S/C13H13BrN2O/c1-9-10(2)16(8-15-9)7-13(17)11-3-5-12(14)6-4-11/h3-6,8H,7H2,1-2H3. The Balaban J connectivity index is 2.17. The molecule has 0 saturated heterocycles. The number of imidazole rings is 1. The summed E-state index contributed by atoms with van der Waals surface area (Å²) in [6, 6.07) is 7.40. The van der Waals surface area contributed by atoms with Crippen LogP contribution in [0.25, 0.3) is 0 Å². The number of benzene rings is 1. The van der Waals surface area contributed by atoms with Crippen LogP contribution in [0, 0.1) is 13.8 Å². The molecular weight excluding hydrogens is 280 g/mol. The topological polar surface area (TPSA) is 34.9 Å². The SMILES string of the molecule is Cc1ncn(CC(=O)c2ccc(Br)cc2)c1C. The number of aryl methyl sites for hydroxylation is 1. The van der Waals surface area contributed by atoms with Gasteiger partial charge in [0, 0.05) is 15.7 Å². The molecule has 88 valence electrons. The summed E-state index contributed by atoms with van der Waals surface area (Å²) in [4.78, 5) is 16.2. The number of nitrogens with zero attached hydrogens (tertiary/aromatic N) is 2. The van der Waals surface area contributed by atoms with Crippen molar-refractivity contribution in [2.45, 2.75) is 20.4 Å². The maximum Gasteiger partial charge on any atom is 0.182 e. The quantitative estimate of drug-likeness (QED) is 0.815. The van der Waals surface area contributed by atoms with Gasteiger partial charge in [-0.2, -0.15) is 0 Å². The molecule has 0 atom stereocenters. The summed E-state index contributed by atoms with van der Waals surface area (Å²) in [5.41, 5.74) is 2.73. The summed E-state index contributed by atoms with van der Waals surface area (Å²) in [6.07, 6.45) is 1.71. The monoisotopic (exact) mass is 292 g/mol. The van der Waals surface area contributed by atoms with Crippen LogP contribution < -0.4 is 0 Å². The van der Waals surface area contributed by atoms with Crippen LogP contribution in [0.4, 0.5) is 0 Å². The van der Waals surface area contributed by atoms with E-state index in [2.05, 4.69) is 20.9 Å². The van der Waals surface area contributed by atoms with Crippen molar-refractivity contribution >= 4 is 21.7 Å². The van der Waals surface area contributed by atoms with Gasteiger partial charge in [-0.25, -0.2) is 4.98 Å². The number of ketones is 1. The lowest BCUT2D eigenvalue weighted by atomic mass is 10.1. The molecule has 0 unspecified atom stereocenters. The largest absolute Gasteiger partial charge is 0.327 e. The van der Waals surface area contributed by atoms with E-state index in [0.717, 1.165) is 21.4 Å². The summed E-state index contributed by atoms with van der Waals surface area (Å²) in [5, 5.41) is 0. The van der Waals surface area contributed by atoms with Crippen LogP contribution in [0.1, 0.15) is 21.7 Å². The summed E-state index contributed by atoms with van der Waals surface area (Å²) >= 11 is 3.35. The van der Waals surface area contributed by atoms with E-state index in [9.17, 15) is 4.79 Å². The normalized spacial score (nSPS) is 10.5. The van der Waals surface area contributed by atoms with Gasteiger partial charge < -0.3 is 4.57 Å². The van der Waals surface area contributed by atoms with Crippen LogP contribution in [0.3, 0.4) is 0 Å². The first-order valence-corrected chi connectivity index (χ1v) is 6.14. The van der Waals surface area contributed by atoms with Gasteiger partial charge >= 0.3 is 0 Å². The minimum atomic E-state index is 0.0954. The molecule has 2 aromatic rings. The van der Waals surface area contributed by atoms with Crippen LogP contribution in [0.15, 0.2) is 35.1 Å². The molecular formula is C13H13BrN2O. The first kappa shape index (κ1) is 12.0. The van der Waals surface area contributed by atoms with Crippen molar-refractivity contribution < 1.29 is 4.79 Å². The number of hydrogen-bond acceptors (Lipinski definition) is 2. The molecule has 0 bridgehead atoms. The van der Waals surface area contributed by atoms with Crippen LogP contribution in [0.5, 0.6) is 0 Å². The number of halogens is 1. The van der Waals surface area contributed by atoms with E-state index in [4.69, 9.17) is 0 Å². The van der Waals surface area contributed by atoms with Crippen molar-refractivity contribution in [1.29, 1.82) is 0 Å². The Hall–Kier alpha value is -1.42. The van der Waals surface area contributed by atoms with Gasteiger partial charge in [0.15, 0.2) is 5.78 Å². The van der Waals surface area contributed by atoms with Crippen molar-refractivity contribution in [3.05, 3.63) is 52.0 Å². The second-order valence-corrected chi connectivity index (χ2v) is 4.89. The Bertz CT molecular complexity index is 543. The molecule has 0 aliphatic heterocycles. The smallest absolute Gasteiger partial charge is 0.182 e. The lowest BCUT2D eigenvalue weighted by molar-refractivity contribution is 0.0971.